The Kier molecular flexibility index (Phi) is 7.68. The molecule has 2 unspecified atom stereocenters. The minimum absolute atomic E-state index is 0.0863. The fourth-order valence-corrected chi connectivity index (χ4v) is 7.57. The van der Waals surface area contributed by atoms with E-state index in [9.17, 15) is 20.1 Å². The molecule has 0 aromatic heterocycles. The molecule has 2 aromatic carbocycles. The molecule has 4 fully saturated rings. The Balaban J connectivity index is 1.37. The number of benzene rings is 2. The molecule has 7 heteroatoms. The minimum Gasteiger partial charge on any atom is -0.394 e. The molecular formula is C32H44N2O5. The van der Waals surface area contributed by atoms with E-state index in [0.717, 1.165) is 23.1 Å². The van der Waals surface area contributed by atoms with Gasteiger partial charge in [0.2, 0.25) is 5.91 Å². The molecule has 1 saturated heterocycles. The minimum atomic E-state index is -1.19. The lowest BCUT2D eigenvalue weighted by Crippen LogP contribution is -2.62. The third-order valence-corrected chi connectivity index (χ3v) is 10.2. The molecule has 4 aliphatic rings. The molecule has 1 amide bonds. The zero-order chi connectivity index (χ0) is 28.1. The topological polar surface area (TPSA) is 102 Å². The second-order valence-electron chi connectivity index (χ2n) is 12.9. The lowest BCUT2D eigenvalue weighted by atomic mass is 9.45. The number of nitrogens with one attached hydrogen (secondary N) is 1. The van der Waals surface area contributed by atoms with Gasteiger partial charge in [-0.3, -0.25) is 9.63 Å². The quantitative estimate of drug-likeness (QED) is 0.411. The molecule has 0 radical (unpaired) electrons. The highest BCUT2D eigenvalue weighted by Gasteiger charge is 2.57. The van der Waals surface area contributed by atoms with Gasteiger partial charge in [0.1, 0.15) is 17.7 Å². The summed E-state index contributed by atoms with van der Waals surface area (Å²) in [4.78, 5) is 20.0. The van der Waals surface area contributed by atoms with Gasteiger partial charge in [-0.15, -0.1) is 0 Å². The molecule has 0 spiro atoms. The van der Waals surface area contributed by atoms with Gasteiger partial charge in [0.05, 0.1) is 19.3 Å². The van der Waals surface area contributed by atoms with E-state index in [0.29, 0.717) is 23.2 Å². The Labute approximate surface area is 232 Å². The number of hydrogen-bond donors (Lipinski definition) is 4. The highest BCUT2D eigenvalue weighted by Crippen LogP contribution is 2.61. The molecule has 9 atom stereocenters. The molecule has 3 saturated carbocycles. The summed E-state index contributed by atoms with van der Waals surface area (Å²) in [6.07, 6.45) is 0.658. The average Bonchev–Trinajstić information content (AvgIpc) is 3.28. The molecule has 6 rings (SSSR count). The van der Waals surface area contributed by atoms with Crippen LogP contribution in [0.15, 0.2) is 54.6 Å². The van der Waals surface area contributed by atoms with Gasteiger partial charge in [0.15, 0.2) is 0 Å². The summed E-state index contributed by atoms with van der Waals surface area (Å²) in [5.41, 5.74) is 1.50. The predicted octanol–water partition coefficient (Wildman–Crippen LogP) is 3.60. The van der Waals surface area contributed by atoms with Crippen LogP contribution in [0.5, 0.6) is 0 Å². The third-order valence-electron chi connectivity index (χ3n) is 10.2. The van der Waals surface area contributed by atoms with E-state index in [-0.39, 0.29) is 25.1 Å². The molecule has 1 aliphatic heterocycles. The standard InChI is InChI=1S/C32H44N2O5/c1-19-25-15-24(31(25,3)4)16-26(19)33-30(37)29-28(20(2)36)27(18-35)39-34(29)17-21-10-9-13-23(14-21)32(5,38)22-11-7-6-8-12-22/h6-14,19-20,24-29,35-36,38H,15-18H2,1-5H3,(H,33,37)/t19-,20-,24+,25-,26-,27-,28?,29-,32?/m0/s1. The van der Waals surface area contributed by atoms with Crippen LogP contribution in [0.3, 0.4) is 0 Å². The highest BCUT2D eigenvalue weighted by atomic mass is 16.7. The van der Waals surface area contributed by atoms with Crippen molar-refractivity contribution in [1.82, 2.24) is 10.4 Å². The number of hydrogen-bond acceptors (Lipinski definition) is 6. The number of fused-ring (bicyclic) bond motifs is 2. The summed E-state index contributed by atoms with van der Waals surface area (Å²) in [6, 6.07) is 16.5. The van der Waals surface area contributed by atoms with Gasteiger partial charge in [0, 0.05) is 12.0 Å². The van der Waals surface area contributed by atoms with Gasteiger partial charge in [-0.2, -0.15) is 5.06 Å². The van der Waals surface area contributed by atoms with E-state index in [1.807, 2.05) is 54.6 Å². The summed E-state index contributed by atoms with van der Waals surface area (Å²) in [6.45, 7) is 10.3. The Morgan fingerprint density at radius 2 is 1.85 bits per heavy atom. The van der Waals surface area contributed by atoms with E-state index >= 15 is 0 Å². The average molecular weight is 537 g/mol. The van der Waals surface area contributed by atoms with E-state index < -0.39 is 29.8 Å². The predicted molar refractivity (Wildman–Crippen MR) is 149 cm³/mol. The molecular weight excluding hydrogens is 492 g/mol. The number of aliphatic hydroxyl groups excluding tert-OH is 2. The maximum Gasteiger partial charge on any atom is 0.240 e. The Morgan fingerprint density at radius 1 is 1.15 bits per heavy atom. The van der Waals surface area contributed by atoms with Gasteiger partial charge in [-0.25, -0.2) is 0 Å². The number of nitrogens with zero attached hydrogens (tertiary/aromatic N) is 1. The van der Waals surface area contributed by atoms with Crippen LogP contribution in [-0.4, -0.2) is 57.2 Å². The van der Waals surface area contributed by atoms with Crippen molar-refractivity contribution >= 4 is 5.91 Å². The number of hydroxylamine groups is 2. The summed E-state index contributed by atoms with van der Waals surface area (Å²) in [7, 11) is 0. The van der Waals surface area contributed by atoms with Crippen molar-refractivity contribution in [3.8, 4) is 0 Å². The Morgan fingerprint density at radius 3 is 2.46 bits per heavy atom. The van der Waals surface area contributed by atoms with Crippen molar-refractivity contribution in [3.63, 3.8) is 0 Å². The second kappa shape index (κ2) is 10.6. The monoisotopic (exact) mass is 536 g/mol. The Bertz CT molecular complexity index is 1170. The van der Waals surface area contributed by atoms with Crippen LogP contribution in [-0.2, 0) is 21.8 Å². The first-order valence-electron chi connectivity index (χ1n) is 14.3. The van der Waals surface area contributed by atoms with Crippen LogP contribution in [0.2, 0.25) is 0 Å². The van der Waals surface area contributed by atoms with Crippen LogP contribution < -0.4 is 5.32 Å². The van der Waals surface area contributed by atoms with E-state index in [4.69, 9.17) is 4.84 Å². The number of aliphatic hydroxyl groups is 3. The zero-order valence-corrected chi connectivity index (χ0v) is 23.7. The van der Waals surface area contributed by atoms with Crippen LogP contribution in [0.1, 0.15) is 64.2 Å². The first kappa shape index (κ1) is 28.2. The van der Waals surface area contributed by atoms with Crippen molar-refractivity contribution in [3.05, 3.63) is 71.3 Å². The van der Waals surface area contributed by atoms with E-state index in [1.54, 1.807) is 18.9 Å². The maximum atomic E-state index is 13.9. The number of rotatable bonds is 8. The van der Waals surface area contributed by atoms with Gasteiger partial charge < -0.3 is 20.6 Å². The van der Waals surface area contributed by atoms with Gasteiger partial charge in [-0.1, -0.05) is 75.4 Å². The van der Waals surface area contributed by atoms with Crippen LogP contribution in [0.25, 0.3) is 0 Å². The Hall–Kier alpha value is -2.29. The molecule has 4 N–H and O–H groups in total. The van der Waals surface area contributed by atoms with Crippen molar-refractivity contribution in [2.75, 3.05) is 6.61 Å². The molecule has 39 heavy (non-hydrogen) atoms. The summed E-state index contributed by atoms with van der Waals surface area (Å²) >= 11 is 0. The summed E-state index contributed by atoms with van der Waals surface area (Å²) in [5.74, 6) is 0.837. The first-order valence-corrected chi connectivity index (χ1v) is 14.3. The highest BCUT2D eigenvalue weighted by molar-refractivity contribution is 5.82. The zero-order valence-electron chi connectivity index (χ0n) is 23.7. The molecule has 7 nitrogen and oxygen atoms in total. The first-order chi connectivity index (χ1) is 18.4. The lowest BCUT2D eigenvalue weighted by Gasteiger charge is -2.62. The van der Waals surface area contributed by atoms with Gasteiger partial charge >= 0.3 is 0 Å². The van der Waals surface area contributed by atoms with E-state index in [2.05, 4.69) is 26.1 Å². The second-order valence-corrected chi connectivity index (χ2v) is 12.9. The van der Waals surface area contributed by atoms with Crippen molar-refractivity contribution in [1.29, 1.82) is 0 Å². The molecule has 3 aliphatic carbocycles. The smallest absolute Gasteiger partial charge is 0.240 e. The largest absolute Gasteiger partial charge is 0.394 e. The van der Waals surface area contributed by atoms with Crippen molar-refractivity contribution in [2.45, 2.75) is 83.9 Å². The van der Waals surface area contributed by atoms with Gasteiger partial charge in [0.25, 0.3) is 0 Å². The molecule has 212 valence electrons. The fourth-order valence-electron chi connectivity index (χ4n) is 7.57. The molecule has 2 aromatic rings. The summed E-state index contributed by atoms with van der Waals surface area (Å²) in [5, 5.41) is 37.1. The van der Waals surface area contributed by atoms with Gasteiger partial charge in [-0.05, 0) is 66.5 Å². The van der Waals surface area contributed by atoms with Crippen LogP contribution in [0.4, 0.5) is 0 Å². The lowest BCUT2D eigenvalue weighted by molar-refractivity contribution is -0.183. The van der Waals surface area contributed by atoms with Crippen LogP contribution in [0, 0.1) is 29.1 Å². The molecule has 1 heterocycles. The fraction of sp³-hybridized carbons (Fsp3) is 0.594. The number of amides is 1. The van der Waals surface area contributed by atoms with Crippen molar-refractivity contribution < 1.29 is 25.0 Å². The SMILES string of the molecule is C[C@@H]1[C@@H](NC(=O)[C@@H]2C([C@H](C)O)[C@H](CO)ON2Cc2cccc(C(C)(O)c3ccccc3)c2)C[C@H]2C[C@@H]1C2(C)C. The normalized spacial score (nSPS) is 34.1. The van der Waals surface area contributed by atoms with Crippen molar-refractivity contribution in [2.24, 2.45) is 29.1 Å². The summed E-state index contributed by atoms with van der Waals surface area (Å²) < 4.78 is 0. The number of carbonyl (C=O) groups is 1. The van der Waals surface area contributed by atoms with E-state index in [1.165, 1.54) is 6.42 Å². The third kappa shape index (κ3) is 5.04. The molecule has 2 bridgehead atoms. The maximum absolute atomic E-state index is 13.9. The van der Waals surface area contributed by atoms with Crippen LogP contribution >= 0.6 is 0 Å². The number of carbonyl (C=O) groups excluding carboxylic acids is 1.